The lowest BCUT2D eigenvalue weighted by molar-refractivity contribution is -0.186. The second kappa shape index (κ2) is 10.9. The molecular weight excluding hydrogens is 372 g/mol. The lowest BCUT2D eigenvalue weighted by atomic mass is 9.78. The fraction of sp³-hybridized carbons (Fsp3) is 0.593. The minimum absolute atomic E-state index is 0.156. The Morgan fingerprint density at radius 3 is 2.40 bits per heavy atom. The molecule has 0 fully saturated rings. The first kappa shape index (κ1) is 26.2. The van der Waals surface area contributed by atoms with Gasteiger partial charge in [0.15, 0.2) is 0 Å². The molecule has 1 aliphatic carbocycles. The van der Waals surface area contributed by atoms with Gasteiger partial charge >= 0.3 is 5.97 Å². The van der Waals surface area contributed by atoms with E-state index >= 15 is 0 Å². The molecule has 0 N–H and O–H groups in total. The first-order valence-corrected chi connectivity index (χ1v) is 11.1. The van der Waals surface area contributed by atoms with Crippen molar-refractivity contribution in [2.24, 2.45) is 5.41 Å². The molecule has 1 atom stereocenters. The second-order valence-corrected chi connectivity index (χ2v) is 9.72. The van der Waals surface area contributed by atoms with Crippen molar-refractivity contribution in [1.29, 1.82) is 0 Å². The van der Waals surface area contributed by atoms with E-state index in [9.17, 15) is 4.79 Å². The SMILES string of the molecule is CCOC(C)(C)C(C)(C)OC(=O)/C=C(C)/C=C/C=C(C)/C=C/C1(C)C=C(C)CCC1. The van der Waals surface area contributed by atoms with Crippen molar-refractivity contribution in [2.45, 2.75) is 92.8 Å². The third kappa shape index (κ3) is 8.47. The van der Waals surface area contributed by atoms with Gasteiger partial charge in [0.25, 0.3) is 0 Å². The molecule has 0 aromatic heterocycles. The largest absolute Gasteiger partial charge is 0.453 e. The van der Waals surface area contributed by atoms with Crippen LogP contribution in [0.15, 0.2) is 59.3 Å². The second-order valence-electron chi connectivity index (χ2n) is 9.72. The summed E-state index contributed by atoms with van der Waals surface area (Å²) in [5.74, 6) is -0.358. The number of esters is 1. The summed E-state index contributed by atoms with van der Waals surface area (Å²) in [5.41, 5.74) is 2.36. The molecule has 0 aromatic rings. The van der Waals surface area contributed by atoms with Crippen LogP contribution >= 0.6 is 0 Å². The van der Waals surface area contributed by atoms with Gasteiger partial charge in [-0.25, -0.2) is 4.79 Å². The summed E-state index contributed by atoms with van der Waals surface area (Å²) in [4.78, 5) is 12.3. The van der Waals surface area contributed by atoms with Crippen molar-refractivity contribution < 1.29 is 14.3 Å². The van der Waals surface area contributed by atoms with Gasteiger partial charge in [0.1, 0.15) is 11.2 Å². The third-order valence-corrected chi connectivity index (χ3v) is 5.96. The monoisotopic (exact) mass is 414 g/mol. The van der Waals surface area contributed by atoms with Gasteiger partial charge < -0.3 is 9.47 Å². The van der Waals surface area contributed by atoms with Gasteiger partial charge in [-0.05, 0) is 80.2 Å². The van der Waals surface area contributed by atoms with Crippen LogP contribution in [0.5, 0.6) is 0 Å². The van der Waals surface area contributed by atoms with Crippen LogP contribution in [0, 0.1) is 5.41 Å². The molecule has 1 aliphatic rings. The van der Waals surface area contributed by atoms with Crippen LogP contribution in [0.4, 0.5) is 0 Å². The standard InChI is InChI=1S/C27H42O3/c1-10-29-25(5,6)26(7,8)30-24(28)19-22(3)14-11-13-21(2)16-18-27(9)17-12-15-23(4)20-27/h11,13-14,16,18-20H,10,12,15,17H2,1-9H3/b14-11+,18-16+,21-13+,22-19+. The van der Waals surface area contributed by atoms with Crippen molar-refractivity contribution in [3.05, 3.63) is 59.3 Å². The van der Waals surface area contributed by atoms with Crippen LogP contribution in [0.25, 0.3) is 0 Å². The number of rotatable bonds is 9. The van der Waals surface area contributed by atoms with Gasteiger partial charge in [0.2, 0.25) is 0 Å². The number of carbonyl (C=O) groups excluding carboxylic acids is 1. The van der Waals surface area contributed by atoms with Gasteiger partial charge in [0, 0.05) is 18.1 Å². The molecule has 0 amide bonds. The fourth-order valence-electron chi connectivity index (χ4n) is 3.49. The molecule has 0 radical (unpaired) electrons. The van der Waals surface area contributed by atoms with E-state index in [0.717, 1.165) is 5.57 Å². The number of allylic oxidation sites excluding steroid dienone is 9. The summed E-state index contributed by atoms with van der Waals surface area (Å²) in [6.07, 6.45) is 18.0. The van der Waals surface area contributed by atoms with E-state index in [1.807, 2.05) is 53.7 Å². The van der Waals surface area contributed by atoms with E-state index in [0.29, 0.717) is 6.61 Å². The Kier molecular flexibility index (Phi) is 9.55. The Bertz CT molecular complexity index is 744. The normalized spacial score (nSPS) is 22.0. The Labute approximate surface area is 184 Å². The molecule has 3 nitrogen and oxygen atoms in total. The minimum Gasteiger partial charge on any atom is -0.453 e. The fourth-order valence-corrected chi connectivity index (χ4v) is 3.49. The van der Waals surface area contributed by atoms with E-state index in [1.54, 1.807) is 0 Å². The maximum atomic E-state index is 12.3. The van der Waals surface area contributed by atoms with Crippen LogP contribution in [0.2, 0.25) is 0 Å². The highest BCUT2D eigenvalue weighted by atomic mass is 16.6. The highest BCUT2D eigenvalue weighted by molar-refractivity contribution is 5.83. The molecule has 0 saturated heterocycles. The predicted molar refractivity (Wildman–Crippen MR) is 127 cm³/mol. The van der Waals surface area contributed by atoms with Crippen LogP contribution in [0.1, 0.15) is 81.6 Å². The van der Waals surface area contributed by atoms with Crippen molar-refractivity contribution in [3.8, 4) is 0 Å². The average Bonchev–Trinajstić information content (AvgIpc) is 2.59. The summed E-state index contributed by atoms with van der Waals surface area (Å²) in [6, 6.07) is 0. The smallest absolute Gasteiger partial charge is 0.331 e. The molecule has 0 spiro atoms. The molecule has 3 heteroatoms. The molecule has 0 heterocycles. The Hall–Kier alpha value is -1.87. The van der Waals surface area contributed by atoms with Crippen molar-refractivity contribution in [1.82, 2.24) is 0 Å². The predicted octanol–water partition coefficient (Wildman–Crippen LogP) is 7.26. The van der Waals surface area contributed by atoms with Gasteiger partial charge in [-0.2, -0.15) is 0 Å². The van der Waals surface area contributed by atoms with Crippen molar-refractivity contribution >= 4 is 5.97 Å². The molecule has 0 bridgehead atoms. The molecule has 0 saturated carbocycles. The van der Waals surface area contributed by atoms with E-state index in [4.69, 9.17) is 9.47 Å². The van der Waals surface area contributed by atoms with Gasteiger partial charge in [0.05, 0.1) is 0 Å². The highest BCUT2D eigenvalue weighted by Crippen LogP contribution is 2.35. The first-order valence-electron chi connectivity index (χ1n) is 11.1. The first-order chi connectivity index (χ1) is 13.8. The zero-order valence-electron chi connectivity index (χ0n) is 20.6. The minimum atomic E-state index is -0.732. The van der Waals surface area contributed by atoms with E-state index in [2.05, 4.69) is 45.1 Å². The lowest BCUT2D eigenvalue weighted by Crippen LogP contribution is -2.50. The zero-order chi connectivity index (χ0) is 23.0. The van der Waals surface area contributed by atoms with E-state index in [1.165, 1.54) is 36.5 Å². The van der Waals surface area contributed by atoms with Crippen LogP contribution in [-0.4, -0.2) is 23.8 Å². The maximum Gasteiger partial charge on any atom is 0.331 e. The van der Waals surface area contributed by atoms with Crippen LogP contribution < -0.4 is 0 Å². The number of hydrogen-bond acceptors (Lipinski definition) is 3. The molecular formula is C27H42O3. The Balaban J connectivity index is 2.71. The number of carbonyl (C=O) groups is 1. The highest BCUT2D eigenvalue weighted by Gasteiger charge is 2.41. The summed E-state index contributed by atoms with van der Waals surface area (Å²) >= 11 is 0. The van der Waals surface area contributed by atoms with Gasteiger partial charge in [-0.1, -0.05) is 54.5 Å². The molecule has 168 valence electrons. The molecule has 30 heavy (non-hydrogen) atoms. The topological polar surface area (TPSA) is 35.5 Å². The molecule has 0 aliphatic heterocycles. The molecule has 1 rings (SSSR count). The average molecular weight is 415 g/mol. The van der Waals surface area contributed by atoms with Gasteiger partial charge in [-0.3, -0.25) is 0 Å². The zero-order valence-corrected chi connectivity index (χ0v) is 20.6. The summed E-state index contributed by atoms with van der Waals surface area (Å²) < 4.78 is 11.4. The summed E-state index contributed by atoms with van der Waals surface area (Å²) in [5, 5.41) is 0. The van der Waals surface area contributed by atoms with Crippen LogP contribution in [0.3, 0.4) is 0 Å². The quantitative estimate of drug-likeness (QED) is 0.172. The molecule has 0 aromatic carbocycles. The summed E-state index contributed by atoms with van der Waals surface area (Å²) in [6.45, 7) is 18.6. The number of hydrogen-bond donors (Lipinski definition) is 0. The lowest BCUT2D eigenvalue weighted by Gasteiger charge is -2.40. The third-order valence-electron chi connectivity index (χ3n) is 5.96. The van der Waals surface area contributed by atoms with Gasteiger partial charge in [-0.15, -0.1) is 0 Å². The number of ether oxygens (including phenoxy) is 2. The van der Waals surface area contributed by atoms with Crippen LogP contribution in [-0.2, 0) is 14.3 Å². The van der Waals surface area contributed by atoms with Crippen molar-refractivity contribution in [3.63, 3.8) is 0 Å². The summed E-state index contributed by atoms with van der Waals surface area (Å²) in [7, 11) is 0. The molecule has 1 unspecified atom stereocenters. The maximum absolute atomic E-state index is 12.3. The van der Waals surface area contributed by atoms with E-state index < -0.39 is 11.2 Å². The Morgan fingerprint density at radius 1 is 1.13 bits per heavy atom. The van der Waals surface area contributed by atoms with E-state index in [-0.39, 0.29) is 11.4 Å². The van der Waals surface area contributed by atoms with Crippen molar-refractivity contribution in [2.75, 3.05) is 6.61 Å². The Morgan fingerprint density at radius 2 is 1.80 bits per heavy atom.